The molecule has 1 aliphatic rings. The molecule has 2 heterocycles. The Hall–Kier alpha value is -2.01. The molecule has 118 valence electrons. The number of nitrogens with zero attached hydrogens (tertiary/aromatic N) is 4. The van der Waals surface area contributed by atoms with Gasteiger partial charge in [0, 0.05) is 35.9 Å². The molecule has 0 aliphatic heterocycles. The number of aromatic nitrogens is 4. The number of rotatable bonds is 4. The van der Waals surface area contributed by atoms with E-state index in [-0.39, 0.29) is 0 Å². The quantitative estimate of drug-likeness (QED) is 0.685. The monoisotopic (exact) mass is 324 g/mol. The van der Waals surface area contributed by atoms with Crippen LogP contribution < -0.4 is 0 Å². The second-order valence-electron chi connectivity index (χ2n) is 5.98. The van der Waals surface area contributed by atoms with Crippen molar-refractivity contribution in [1.82, 2.24) is 19.3 Å². The summed E-state index contributed by atoms with van der Waals surface area (Å²) in [6.45, 7) is 0. The van der Waals surface area contributed by atoms with Gasteiger partial charge in [-0.3, -0.25) is 9.25 Å². The minimum Gasteiger partial charge on any atom is -0.292 e. The zero-order valence-corrected chi connectivity index (χ0v) is 14.1. The zero-order valence-electron chi connectivity index (χ0n) is 13.3. The van der Waals surface area contributed by atoms with Crippen molar-refractivity contribution >= 4 is 11.8 Å². The van der Waals surface area contributed by atoms with Crippen LogP contribution in [0.15, 0.2) is 47.9 Å². The van der Waals surface area contributed by atoms with Crippen molar-refractivity contribution in [3.8, 4) is 5.69 Å². The lowest BCUT2D eigenvalue weighted by atomic mass is 10.0. The van der Waals surface area contributed by atoms with Crippen LogP contribution in [-0.2, 0) is 25.6 Å². The molecule has 5 heteroatoms. The van der Waals surface area contributed by atoms with Crippen LogP contribution in [0.1, 0.15) is 29.8 Å². The van der Waals surface area contributed by atoms with Crippen molar-refractivity contribution in [3.63, 3.8) is 0 Å². The molecule has 0 saturated carbocycles. The van der Waals surface area contributed by atoms with Crippen molar-refractivity contribution in [1.29, 1.82) is 0 Å². The van der Waals surface area contributed by atoms with Gasteiger partial charge in [-0.05, 0) is 37.8 Å². The van der Waals surface area contributed by atoms with Gasteiger partial charge in [0.1, 0.15) is 0 Å². The topological polar surface area (TPSA) is 35.6 Å². The van der Waals surface area contributed by atoms with Gasteiger partial charge in [-0.15, -0.1) is 0 Å². The average molecular weight is 324 g/mol. The largest absolute Gasteiger partial charge is 0.292 e. The molecule has 0 fully saturated rings. The summed E-state index contributed by atoms with van der Waals surface area (Å²) in [6, 6.07) is 10.6. The lowest BCUT2D eigenvalue weighted by Gasteiger charge is -2.15. The molecule has 0 amide bonds. The molecule has 0 spiro atoms. The van der Waals surface area contributed by atoms with Crippen LogP contribution in [0, 0.1) is 0 Å². The van der Waals surface area contributed by atoms with Crippen LogP contribution in [-0.4, -0.2) is 19.3 Å². The van der Waals surface area contributed by atoms with E-state index in [0.717, 1.165) is 23.8 Å². The predicted octanol–water partition coefficient (Wildman–Crippen LogP) is 3.78. The minimum atomic E-state index is 0.899. The zero-order chi connectivity index (χ0) is 15.6. The van der Waals surface area contributed by atoms with E-state index in [1.807, 2.05) is 17.9 Å². The molecule has 4 nitrogen and oxygen atoms in total. The van der Waals surface area contributed by atoms with Gasteiger partial charge < -0.3 is 0 Å². The molecule has 0 N–H and O–H groups in total. The molecule has 2 aromatic heterocycles. The van der Waals surface area contributed by atoms with Gasteiger partial charge in [0.2, 0.25) is 0 Å². The first-order valence-corrected chi connectivity index (χ1v) is 9.06. The van der Waals surface area contributed by atoms with Gasteiger partial charge in [-0.1, -0.05) is 30.0 Å². The molecule has 3 aromatic rings. The van der Waals surface area contributed by atoms with Crippen LogP contribution in [0.3, 0.4) is 0 Å². The molecule has 1 aliphatic carbocycles. The van der Waals surface area contributed by atoms with Gasteiger partial charge in [0.05, 0.1) is 11.9 Å². The second kappa shape index (κ2) is 6.24. The predicted molar refractivity (Wildman–Crippen MR) is 93.0 cm³/mol. The smallest absolute Gasteiger partial charge is 0.173 e. The summed E-state index contributed by atoms with van der Waals surface area (Å²) in [5.74, 6) is 0.899. The highest BCUT2D eigenvalue weighted by atomic mass is 32.2. The number of benzene rings is 1. The van der Waals surface area contributed by atoms with Gasteiger partial charge in [0.25, 0.3) is 0 Å². The third kappa shape index (κ3) is 2.93. The molecular formula is C18H20N4S. The van der Waals surface area contributed by atoms with E-state index in [9.17, 15) is 0 Å². The van der Waals surface area contributed by atoms with E-state index in [4.69, 9.17) is 4.98 Å². The molecular weight excluding hydrogens is 304 g/mol. The Labute approximate surface area is 140 Å². The third-order valence-electron chi connectivity index (χ3n) is 4.24. The van der Waals surface area contributed by atoms with Crippen LogP contribution in [0.5, 0.6) is 0 Å². The van der Waals surface area contributed by atoms with Crippen LogP contribution >= 0.6 is 11.8 Å². The van der Waals surface area contributed by atoms with E-state index in [2.05, 4.69) is 46.2 Å². The van der Waals surface area contributed by atoms with Crippen LogP contribution in [0.25, 0.3) is 5.69 Å². The SMILES string of the molecule is Cn1cc(CSc2nc3c(n2-c2ccccc2)CCCC3)cn1. The Balaban J connectivity index is 1.69. The number of aryl methyl sites for hydroxylation is 2. The Bertz CT molecular complexity index is 804. The first-order valence-electron chi connectivity index (χ1n) is 8.07. The summed E-state index contributed by atoms with van der Waals surface area (Å²) in [7, 11) is 1.96. The van der Waals surface area contributed by atoms with Crippen molar-refractivity contribution < 1.29 is 0 Å². The maximum atomic E-state index is 4.95. The lowest BCUT2D eigenvalue weighted by molar-refractivity contribution is 0.654. The lowest BCUT2D eigenvalue weighted by Crippen LogP contribution is -2.07. The van der Waals surface area contributed by atoms with Gasteiger partial charge in [-0.2, -0.15) is 5.10 Å². The van der Waals surface area contributed by atoms with E-state index < -0.39 is 0 Å². The van der Waals surface area contributed by atoms with E-state index in [0.29, 0.717) is 0 Å². The Morgan fingerprint density at radius 3 is 2.74 bits per heavy atom. The summed E-state index contributed by atoms with van der Waals surface area (Å²) in [5.41, 5.74) is 5.14. The minimum absolute atomic E-state index is 0.899. The number of thioether (sulfide) groups is 1. The summed E-state index contributed by atoms with van der Waals surface area (Å²) in [4.78, 5) is 4.95. The highest BCUT2D eigenvalue weighted by Crippen LogP contribution is 2.31. The van der Waals surface area contributed by atoms with Crippen LogP contribution in [0.2, 0.25) is 0 Å². The standard InChI is InChI=1S/C18H20N4S/c1-21-12-14(11-19-21)13-23-18-20-16-9-5-6-10-17(16)22(18)15-7-3-2-4-8-15/h2-4,7-8,11-12H,5-6,9-10,13H2,1H3. The average Bonchev–Trinajstić information content (AvgIpc) is 3.16. The first-order chi connectivity index (χ1) is 11.3. The molecule has 0 radical (unpaired) electrons. The number of para-hydroxylation sites is 1. The molecule has 0 saturated heterocycles. The van der Waals surface area contributed by atoms with Crippen molar-refractivity contribution in [2.24, 2.45) is 7.05 Å². The molecule has 0 unspecified atom stereocenters. The fourth-order valence-electron chi connectivity index (χ4n) is 3.15. The number of fused-ring (bicyclic) bond motifs is 1. The van der Waals surface area contributed by atoms with Crippen molar-refractivity contribution in [3.05, 3.63) is 59.7 Å². The molecule has 0 atom stereocenters. The number of hydrogen-bond acceptors (Lipinski definition) is 3. The van der Waals surface area contributed by atoms with Gasteiger partial charge in [0.15, 0.2) is 5.16 Å². The second-order valence-corrected chi connectivity index (χ2v) is 6.92. The fraction of sp³-hybridized carbons (Fsp3) is 0.333. The molecule has 1 aromatic carbocycles. The third-order valence-corrected chi connectivity index (χ3v) is 5.25. The molecule has 0 bridgehead atoms. The number of imidazole rings is 1. The van der Waals surface area contributed by atoms with E-state index in [1.54, 1.807) is 11.8 Å². The molecule has 23 heavy (non-hydrogen) atoms. The maximum absolute atomic E-state index is 4.95. The Morgan fingerprint density at radius 2 is 1.96 bits per heavy atom. The Morgan fingerprint density at radius 1 is 1.13 bits per heavy atom. The van der Waals surface area contributed by atoms with Crippen molar-refractivity contribution in [2.45, 2.75) is 36.6 Å². The normalized spacial score (nSPS) is 14.0. The highest BCUT2D eigenvalue weighted by Gasteiger charge is 2.21. The van der Waals surface area contributed by atoms with E-state index in [1.165, 1.54) is 35.5 Å². The Kier molecular flexibility index (Phi) is 3.95. The van der Waals surface area contributed by atoms with E-state index >= 15 is 0 Å². The summed E-state index contributed by atoms with van der Waals surface area (Å²) >= 11 is 1.80. The first kappa shape index (κ1) is 14.6. The number of hydrogen-bond donors (Lipinski definition) is 0. The molecule has 4 rings (SSSR count). The highest BCUT2D eigenvalue weighted by molar-refractivity contribution is 7.98. The summed E-state index contributed by atoms with van der Waals surface area (Å²) in [6.07, 6.45) is 8.76. The van der Waals surface area contributed by atoms with Gasteiger partial charge in [-0.25, -0.2) is 4.98 Å². The maximum Gasteiger partial charge on any atom is 0.173 e. The van der Waals surface area contributed by atoms with Crippen LogP contribution in [0.4, 0.5) is 0 Å². The van der Waals surface area contributed by atoms with Gasteiger partial charge >= 0.3 is 0 Å². The summed E-state index contributed by atoms with van der Waals surface area (Å²) in [5, 5.41) is 5.35. The summed E-state index contributed by atoms with van der Waals surface area (Å²) < 4.78 is 4.21. The fourth-order valence-corrected chi connectivity index (χ4v) is 4.11. The van der Waals surface area contributed by atoms with Crippen molar-refractivity contribution in [2.75, 3.05) is 0 Å².